The molecule has 0 aliphatic heterocycles. The second-order valence-corrected chi connectivity index (χ2v) is 3.71. The van der Waals surface area contributed by atoms with Gasteiger partial charge >= 0.3 is 0 Å². The standard InChI is InChI=1S/C10H15F/c1-8-4-6-9(7-5-8)10(2,3)11/h4-6,9H,7H2,1-3H3. The lowest BCUT2D eigenvalue weighted by atomic mass is 9.86. The van der Waals surface area contributed by atoms with Gasteiger partial charge in [-0.3, -0.25) is 0 Å². The Kier molecular flexibility index (Phi) is 2.17. The first-order chi connectivity index (χ1) is 5.00. The molecular formula is C10H15F. The average Bonchev–Trinajstić information content (AvgIpc) is 1.86. The minimum absolute atomic E-state index is 0.0613. The van der Waals surface area contributed by atoms with Crippen molar-refractivity contribution < 1.29 is 4.39 Å². The summed E-state index contributed by atoms with van der Waals surface area (Å²) in [4.78, 5) is 0. The molecular weight excluding hydrogens is 139 g/mol. The van der Waals surface area contributed by atoms with Crippen LogP contribution in [0.25, 0.3) is 0 Å². The Hall–Kier alpha value is -0.590. The van der Waals surface area contributed by atoms with Gasteiger partial charge in [0.05, 0.1) is 0 Å². The van der Waals surface area contributed by atoms with Crippen molar-refractivity contribution in [3.05, 3.63) is 23.8 Å². The quantitative estimate of drug-likeness (QED) is 0.544. The Morgan fingerprint density at radius 2 is 2.18 bits per heavy atom. The van der Waals surface area contributed by atoms with Crippen LogP contribution in [-0.4, -0.2) is 5.67 Å². The van der Waals surface area contributed by atoms with E-state index < -0.39 is 5.67 Å². The fourth-order valence-corrected chi connectivity index (χ4v) is 1.24. The van der Waals surface area contributed by atoms with E-state index in [1.54, 1.807) is 13.8 Å². The zero-order valence-corrected chi connectivity index (χ0v) is 7.39. The van der Waals surface area contributed by atoms with Gasteiger partial charge in [0.2, 0.25) is 0 Å². The van der Waals surface area contributed by atoms with Crippen LogP contribution in [0.15, 0.2) is 23.8 Å². The van der Waals surface area contributed by atoms with E-state index in [1.165, 1.54) is 5.57 Å². The van der Waals surface area contributed by atoms with E-state index in [0.29, 0.717) is 0 Å². The molecule has 0 N–H and O–H groups in total. The zero-order chi connectivity index (χ0) is 8.48. The summed E-state index contributed by atoms with van der Waals surface area (Å²) in [7, 11) is 0. The predicted octanol–water partition coefficient (Wildman–Crippen LogP) is 3.26. The first kappa shape index (κ1) is 8.51. The normalized spacial score (nSPS) is 25.1. The van der Waals surface area contributed by atoms with Gasteiger partial charge in [0.25, 0.3) is 0 Å². The van der Waals surface area contributed by atoms with Crippen LogP contribution in [0.5, 0.6) is 0 Å². The first-order valence-electron chi connectivity index (χ1n) is 4.04. The minimum Gasteiger partial charge on any atom is -0.244 e. The van der Waals surface area contributed by atoms with Gasteiger partial charge in [0.1, 0.15) is 5.67 Å². The van der Waals surface area contributed by atoms with Crippen molar-refractivity contribution in [2.24, 2.45) is 5.92 Å². The van der Waals surface area contributed by atoms with Gasteiger partial charge in [-0.1, -0.05) is 23.8 Å². The van der Waals surface area contributed by atoms with E-state index in [-0.39, 0.29) is 5.92 Å². The molecule has 62 valence electrons. The van der Waals surface area contributed by atoms with Crippen LogP contribution in [-0.2, 0) is 0 Å². The van der Waals surface area contributed by atoms with Gasteiger partial charge in [0, 0.05) is 5.92 Å². The second kappa shape index (κ2) is 2.80. The van der Waals surface area contributed by atoms with Gasteiger partial charge in [-0.2, -0.15) is 0 Å². The lowest BCUT2D eigenvalue weighted by Gasteiger charge is -2.25. The monoisotopic (exact) mass is 154 g/mol. The molecule has 1 atom stereocenters. The van der Waals surface area contributed by atoms with Crippen LogP contribution in [0, 0.1) is 5.92 Å². The van der Waals surface area contributed by atoms with Crippen LogP contribution in [0.2, 0.25) is 0 Å². The highest BCUT2D eigenvalue weighted by molar-refractivity contribution is 5.22. The van der Waals surface area contributed by atoms with Crippen LogP contribution >= 0.6 is 0 Å². The van der Waals surface area contributed by atoms with Crippen LogP contribution in [0.3, 0.4) is 0 Å². The summed E-state index contributed by atoms with van der Waals surface area (Å²) >= 11 is 0. The molecule has 0 spiro atoms. The zero-order valence-electron chi connectivity index (χ0n) is 7.39. The highest BCUT2D eigenvalue weighted by Gasteiger charge is 2.26. The summed E-state index contributed by atoms with van der Waals surface area (Å²) in [6, 6.07) is 0. The molecule has 1 rings (SSSR count). The fraction of sp³-hybridized carbons (Fsp3) is 0.600. The van der Waals surface area contributed by atoms with Crippen LogP contribution < -0.4 is 0 Å². The molecule has 0 nitrogen and oxygen atoms in total. The third kappa shape index (κ3) is 2.18. The predicted molar refractivity (Wildman–Crippen MR) is 46.2 cm³/mol. The Morgan fingerprint density at radius 3 is 2.55 bits per heavy atom. The molecule has 0 radical (unpaired) electrons. The molecule has 0 amide bonds. The maximum absolute atomic E-state index is 13.3. The van der Waals surface area contributed by atoms with Crippen molar-refractivity contribution in [2.45, 2.75) is 32.9 Å². The molecule has 0 aromatic heterocycles. The second-order valence-electron chi connectivity index (χ2n) is 3.71. The highest BCUT2D eigenvalue weighted by Crippen LogP contribution is 2.29. The van der Waals surface area contributed by atoms with Gasteiger partial charge in [-0.15, -0.1) is 0 Å². The molecule has 0 saturated carbocycles. The third-order valence-electron chi connectivity index (χ3n) is 2.17. The summed E-state index contributed by atoms with van der Waals surface area (Å²) < 4.78 is 13.3. The summed E-state index contributed by atoms with van der Waals surface area (Å²) in [5, 5.41) is 0. The SMILES string of the molecule is CC1=CCC(C(C)(C)F)C=C1. The molecule has 0 bridgehead atoms. The van der Waals surface area contributed by atoms with Crippen LogP contribution in [0.4, 0.5) is 4.39 Å². The molecule has 0 aromatic carbocycles. The van der Waals surface area contributed by atoms with Gasteiger partial charge < -0.3 is 0 Å². The molecule has 0 heterocycles. The summed E-state index contributed by atoms with van der Waals surface area (Å²) in [6.45, 7) is 5.31. The average molecular weight is 154 g/mol. The van der Waals surface area contributed by atoms with E-state index in [0.717, 1.165) is 6.42 Å². The lowest BCUT2D eigenvalue weighted by Crippen LogP contribution is -2.24. The summed E-state index contributed by atoms with van der Waals surface area (Å²) in [6.07, 6.45) is 6.89. The van der Waals surface area contributed by atoms with E-state index >= 15 is 0 Å². The summed E-state index contributed by atoms with van der Waals surface area (Å²) in [5.74, 6) is 0.0613. The molecule has 1 aliphatic rings. The topological polar surface area (TPSA) is 0 Å². The van der Waals surface area contributed by atoms with Crippen molar-refractivity contribution in [2.75, 3.05) is 0 Å². The number of allylic oxidation sites excluding steroid dienone is 4. The van der Waals surface area contributed by atoms with Crippen LogP contribution in [0.1, 0.15) is 27.2 Å². The van der Waals surface area contributed by atoms with Crippen molar-refractivity contribution in [3.8, 4) is 0 Å². The maximum atomic E-state index is 13.3. The Bertz CT molecular complexity index is 193. The fourth-order valence-electron chi connectivity index (χ4n) is 1.24. The molecule has 0 aromatic rings. The van der Waals surface area contributed by atoms with Crippen molar-refractivity contribution in [3.63, 3.8) is 0 Å². The molecule has 1 unspecified atom stereocenters. The summed E-state index contributed by atoms with van der Waals surface area (Å²) in [5.41, 5.74) is 0.166. The van der Waals surface area contributed by atoms with E-state index in [4.69, 9.17) is 0 Å². The first-order valence-corrected chi connectivity index (χ1v) is 4.04. The molecule has 0 saturated heterocycles. The number of hydrogen-bond donors (Lipinski definition) is 0. The number of rotatable bonds is 1. The van der Waals surface area contributed by atoms with E-state index in [2.05, 4.69) is 6.08 Å². The Labute approximate surface area is 67.8 Å². The van der Waals surface area contributed by atoms with Gasteiger partial charge in [-0.05, 0) is 27.2 Å². The number of halogens is 1. The van der Waals surface area contributed by atoms with Gasteiger partial charge in [0.15, 0.2) is 0 Å². The van der Waals surface area contributed by atoms with Crippen molar-refractivity contribution in [1.29, 1.82) is 0 Å². The largest absolute Gasteiger partial charge is 0.244 e. The Morgan fingerprint density at radius 1 is 1.55 bits per heavy atom. The third-order valence-corrected chi connectivity index (χ3v) is 2.17. The molecule has 0 fully saturated rings. The minimum atomic E-state index is -1.08. The van der Waals surface area contributed by atoms with Crippen molar-refractivity contribution >= 4 is 0 Å². The van der Waals surface area contributed by atoms with Gasteiger partial charge in [-0.25, -0.2) is 4.39 Å². The number of hydrogen-bond acceptors (Lipinski definition) is 0. The van der Waals surface area contributed by atoms with E-state index in [9.17, 15) is 4.39 Å². The Balaban J connectivity index is 2.63. The highest BCUT2D eigenvalue weighted by atomic mass is 19.1. The maximum Gasteiger partial charge on any atom is 0.112 e. The molecule has 11 heavy (non-hydrogen) atoms. The van der Waals surface area contributed by atoms with E-state index in [1.807, 2.05) is 19.1 Å². The molecule has 1 aliphatic carbocycles. The molecule has 1 heteroatoms. The smallest absolute Gasteiger partial charge is 0.112 e. The lowest BCUT2D eigenvalue weighted by molar-refractivity contribution is 0.154. The van der Waals surface area contributed by atoms with Crippen molar-refractivity contribution in [1.82, 2.24) is 0 Å². The number of alkyl halides is 1.